The highest BCUT2D eigenvalue weighted by Gasteiger charge is 2.21. The first-order chi connectivity index (χ1) is 7.20. The third kappa shape index (κ3) is 1.89. The van der Waals surface area contributed by atoms with Gasteiger partial charge in [0.05, 0.1) is 12.2 Å². The van der Waals surface area contributed by atoms with Crippen LogP contribution in [-0.2, 0) is 19.6 Å². The van der Waals surface area contributed by atoms with Gasteiger partial charge < -0.3 is 15.1 Å². The van der Waals surface area contributed by atoms with E-state index in [1.165, 1.54) is 4.90 Å². The Morgan fingerprint density at radius 3 is 3.07 bits per heavy atom. The lowest BCUT2D eigenvalue weighted by Crippen LogP contribution is -2.35. The molecule has 0 saturated heterocycles. The molecule has 1 aromatic heterocycles. The number of hydrogen-bond donors (Lipinski definition) is 2. The molecule has 6 nitrogen and oxygen atoms in total. The average molecular weight is 209 g/mol. The molecule has 1 aliphatic heterocycles. The maximum absolute atomic E-state index is 10.7. The second-order valence-electron chi connectivity index (χ2n) is 3.37. The molecule has 0 unspecified atom stereocenters. The van der Waals surface area contributed by atoms with Gasteiger partial charge in [-0.05, 0) is 0 Å². The third-order valence-corrected chi connectivity index (χ3v) is 2.40. The molecule has 2 rings (SSSR count). The molecule has 2 N–H and O–H groups in total. The lowest BCUT2D eigenvalue weighted by Gasteiger charge is -2.25. The normalized spacial score (nSPS) is 14.9. The molecule has 0 radical (unpaired) electrons. The molecule has 0 aliphatic carbocycles. The summed E-state index contributed by atoms with van der Waals surface area (Å²) in [4.78, 5) is 20.1. The van der Waals surface area contributed by atoms with E-state index in [0.717, 1.165) is 11.3 Å². The van der Waals surface area contributed by atoms with Crippen molar-refractivity contribution in [2.45, 2.75) is 19.6 Å². The fourth-order valence-corrected chi connectivity index (χ4v) is 1.60. The largest absolute Gasteiger partial charge is 0.465 e. The van der Waals surface area contributed by atoms with Crippen LogP contribution in [0.3, 0.4) is 0 Å². The number of hydrogen-bond acceptors (Lipinski definition) is 4. The van der Waals surface area contributed by atoms with Crippen LogP contribution in [0.1, 0.15) is 17.1 Å². The number of aliphatic hydroxyl groups excluding tert-OH is 1. The Balaban J connectivity index is 2.24. The van der Waals surface area contributed by atoms with E-state index in [1.54, 1.807) is 6.20 Å². The van der Waals surface area contributed by atoms with Crippen molar-refractivity contribution in [3.63, 3.8) is 0 Å². The Hall–Kier alpha value is -1.69. The van der Waals surface area contributed by atoms with Crippen LogP contribution in [0.2, 0.25) is 0 Å². The zero-order valence-corrected chi connectivity index (χ0v) is 8.05. The fraction of sp³-hybridized carbons (Fsp3) is 0.444. The predicted molar refractivity (Wildman–Crippen MR) is 50.1 cm³/mol. The molecule has 0 atom stereocenters. The topological polar surface area (TPSA) is 86.5 Å². The summed E-state index contributed by atoms with van der Waals surface area (Å²) in [6, 6.07) is 0. The van der Waals surface area contributed by atoms with Crippen molar-refractivity contribution < 1.29 is 15.0 Å². The molecule has 0 saturated carbocycles. The highest BCUT2D eigenvalue weighted by molar-refractivity contribution is 5.65. The standard InChI is InChI=1S/C9H11N3O3/c13-5-8-10-3-6-4-12(9(14)15)2-1-7(6)11-8/h3,13H,1-2,4-5H2,(H,14,15). The van der Waals surface area contributed by atoms with Crippen LogP contribution in [0.25, 0.3) is 0 Å². The summed E-state index contributed by atoms with van der Waals surface area (Å²) in [5.74, 6) is 0.387. The summed E-state index contributed by atoms with van der Waals surface area (Å²) in [5.41, 5.74) is 1.66. The van der Waals surface area contributed by atoms with Crippen LogP contribution in [0.15, 0.2) is 6.20 Å². The van der Waals surface area contributed by atoms with Crippen LogP contribution in [0.4, 0.5) is 4.79 Å². The van der Waals surface area contributed by atoms with Crippen LogP contribution >= 0.6 is 0 Å². The average Bonchev–Trinajstić information content (AvgIpc) is 2.27. The van der Waals surface area contributed by atoms with E-state index < -0.39 is 6.09 Å². The maximum atomic E-state index is 10.7. The van der Waals surface area contributed by atoms with Gasteiger partial charge >= 0.3 is 6.09 Å². The summed E-state index contributed by atoms with van der Waals surface area (Å²) in [6.45, 7) is 0.594. The van der Waals surface area contributed by atoms with Crippen LogP contribution < -0.4 is 0 Å². The number of carboxylic acid groups (broad SMARTS) is 1. The van der Waals surface area contributed by atoms with Crippen molar-refractivity contribution in [3.8, 4) is 0 Å². The Kier molecular flexibility index (Phi) is 2.51. The maximum Gasteiger partial charge on any atom is 0.407 e. The monoisotopic (exact) mass is 209 g/mol. The van der Waals surface area contributed by atoms with Crippen LogP contribution in [0, 0.1) is 0 Å². The number of fused-ring (bicyclic) bond motifs is 1. The quantitative estimate of drug-likeness (QED) is 0.680. The van der Waals surface area contributed by atoms with Crippen LogP contribution in [-0.4, -0.2) is 37.7 Å². The SMILES string of the molecule is O=C(O)N1CCc2nc(CO)ncc2C1. The molecule has 0 aromatic carbocycles. The van der Waals surface area contributed by atoms with Gasteiger partial charge in [-0.2, -0.15) is 0 Å². The summed E-state index contributed by atoms with van der Waals surface area (Å²) < 4.78 is 0. The molecule has 0 spiro atoms. The van der Waals surface area contributed by atoms with E-state index in [-0.39, 0.29) is 6.61 Å². The minimum Gasteiger partial charge on any atom is -0.465 e. The number of amides is 1. The Labute approximate surface area is 86.2 Å². The first kappa shape index (κ1) is 9.85. The van der Waals surface area contributed by atoms with E-state index in [4.69, 9.17) is 10.2 Å². The van der Waals surface area contributed by atoms with Crippen LogP contribution in [0.5, 0.6) is 0 Å². The van der Waals surface area contributed by atoms with E-state index in [0.29, 0.717) is 25.3 Å². The Morgan fingerprint density at radius 2 is 2.40 bits per heavy atom. The molecular weight excluding hydrogens is 198 g/mol. The molecule has 15 heavy (non-hydrogen) atoms. The second kappa shape index (κ2) is 3.82. The van der Waals surface area contributed by atoms with E-state index >= 15 is 0 Å². The van der Waals surface area contributed by atoms with Crippen molar-refractivity contribution >= 4 is 6.09 Å². The first-order valence-corrected chi connectivity index (χ1v) is 4.63. The lowest BCUT2D eigenvalue weighted by atomic mass is 10.1. The molecule has 2 heterocycles. The molecule has 80 valence electrons. The number of aliphatic hydroxyl groups is 1. The highest BCUT2D eigenvalue weighted by Crippen LogP contribution is 2.16. The first-order valence-electron chi connectivity index (χ1n) is 4.63. The molecule has 6 heteroatoms. The van der Waals surface area contributed by atoms with Gasteiger partial charge in [-0.15, -0.1) is 0 Å². The van der Waals surface area contributed by atoms with E-state index in [1.807, 2.05) is 0 Å². The Morgan fingerprint density at radius 1 is 1.60 bits per heavy atom. The van der Waals surface area contributed by atoms with Gasteiger partial charge in [-0.3, -0.25) is 0 Å². The molecule has 1 amide bonds. The Bertz CT molecular complexity index is 394. The van der Waals surface area contributed by atoms with Gasteiger partial charge in [0.15, 0.2) is 5.82 Å². The fourth-order valence-electron chi connectivity index (χ4n) is 1.60. The lowest BCUT2D eigenvalue weighted by molar-refractivity contribution is 0.139. The zero-order chi connectivity index (χ0) is 10.8. The van der Waals surface area contributed by atoms with Crippen molar-refractivity contribution in [2.75, 3.05) is 6.54 Å². The highest BCUT2D eigenvalue weighted by atomic mass is 16.4. The molecule has 0 fully saturated rings. The van der Waals surface area contributed by atoms with Gasteiger partial charge in [0.1, 0.15) is 6.61 Å². The predicted octanol–water partition coefficient (Wildman–Crippen LogP) is 0.00500. The minimum atomic E-state index is -0.924. The number of aromatic nitrogens is 2. The van der Waals surface area contributed by atoms with Gasteiger partial charge in [0.25, 0.3) is 0 Å². The number of rotatable bonds is 1. The smallest absolute Gasteiger partial charge is 0.407 e. The number of nitrogens with zero attached hydrogens (tertiary/aromatic N) is 3. The third-order valence-electron chi connectivity index (χ3n) is 2.40. The summed E-state index contributed by atoms with van der Waals surface area (Å²) >= 11 is 0. The molecular formula is C9H11N3O3. The van der Waals surface area contributed by atoms with Gasteiger partial charge in [0.2, 0.25) is 0 Å². The van der Waals surface area contributed by atoms with Crippen molar-refractivity contribution in [2.24, 2.45) is 0 Å². The van der Waals surface area contributed by atoms with E-state index in [9.17, 15) is 4.79 Å². The molecule has 0 bridgehead atoms. The molecule has 1 aromatic rings. The zero-order valence-electron chi connectivity index (χ0n) is 8.05. The summed E-state index contributed by atoms with van der Waals surface area (Å²) in [7, 11) is 0. The van der Waals surface area contributed by atoms with Gasteiger partial charge in [0, 0.05) is 24.7 Å². The van der Waals surface area contributed by atoms with Crippen molar-refractivity contribution in [1.29, 1.82) is 0 Å². The second-order valence-corrected chi connectivity index (χ2v) is 3.37. The van der Waals surface area contributed by atoms with Crippen molar-refractivity contribution in [3.05, 3.63) is 23.3 Å². The van der Waals surface area contributed by atoms with Crippen molar-refractivity contribution in [1.82, 2.24) is 14.9 Å². The molecule has 1 aliphatic rings. The minimum absolute atomic E-state index is 0.185. The van der Waals surface area contributed by atoms with E-state index in [2.05, 4.69) is 9.97 Å². The van der Waals surface area contributed by atoms with Gasteiger partial charge in [-0.25, -0.2) is 14.8 Å². The van der Waals surface area contributed by atoms with Gasteiger partial charge in [-0.1, -0.05) is 0 Å². The summed E-state index contributed by atoms with van der Waals surface area (Å²) in [5, 5.41) is 17.7. The number of carbonyl (C=O) groups is 1. The summed E-state index contributed by atoms with van der Waals surface area (Å²) in [6.07, 6.45) is 1.24.